The minimum Gasteiger partial charge on any atom is -0.369 e. The molecule has 22 heavy (non-hydrogen) atoms. The van der Waals surface area contributed by atoms with E-state index in [0.29, 0.717) is 23.6 Å². The van der Waals surface area contributed by atoms with Crippen molar-refractivity contribution in [1.29, 1.82) is 0 Å². The van der Waals surface area contributed by atoms with E-state index in [0.717, 1.165) is 6.42 Å². The van der Waals surface area contributed by atoms with Gasteiger partial charge < -0.3 is 5.11 Å². The van der Waals surface area contributed by atoms with Crippen LogP contribution in [0.15, 0.2) is 24.3 Å². The van der Waals surface area contributed by atoms with Crippen LogP contribution in [0.25, 0.3) is 0 Å². The third kappa shape index (κ3) is 3.56. The van der Waals surface area contributed by atoms with Gasteiger partial charge in [-0.3, -0.25) is 0 Å². The van der Waals surface area contributed by atoms with E-state index in [4.69, 9.17) is 0 Å². The van der Waals surface area contributed by atoms with Gasteiger partial charge in [0.05, 0.1) is 0 Å². The standard InChI is InChI=1S/C15H18F6O/c1-9(2)8-10(3)11-4-6-12(7-5-11)13(22,14(16,17)18)15(19,20)21/h4-7,9-10,22H,8H2,1-3H3. The van der Waals surface area contributed by atoms with Gasteiger partial charge in [-0.05, 0) is 23.8 Å². The molecule has 0 spiro atoms. The fraction of sp³-hybridized carbons (Fsp3) is 0.600. The maximum atomic E-state index is 12.7. The van der Waals surface area contributed by atoms with E-state index in [2.05, 4.69) is 0 Å². The molecule has 1 aromatic carbocycles. The number of hydrogen-bond donors (Lipinski definition) is 1. The summed E-state index contributed by atoms with van der Waals surface area (Å²) in [6, 6.07) is 3.77. The molecule has 0 radical (unpaired) electrons. The molecule has 1 atom stereocenters. The minimum absolute atomic E-state index is 0.00100. The second-order valence-electron chi connectivity index (χ2n) is 5.86. The molecule has 7 heteroatoms. The predicted molar refractivity (Wildman–Crippen MR) is 70.3 cm³/mol. The van der Waals surface area contributed by atoms with Crippen LogP contribution in [0.1, 0.15) is 44.2 Å². The van der Waals surface area contributed by atoms with Crippen LogP contribution in [0.3, 0.4) is 0 Å². The Bertz CT molecular complexity index is 472. The highest BCUT2D eigenvalue weighted by Crippen LogP contribution is 2.50. The van der Waals surface area contributed by atoms with Gasteiger partial charge in [-0.25, -0.2) is 0 Å². The Balaban J connectivity index is 3.21. The molecule has 1 nitrogen and oxygen atoms in total. The van der Waals surface area contributed by atoms with Crippen molar-refractivity contribution < 1.29 is 31.4 Å². The molecule has 0 bridgehead atoms. The van der Waals surface area contributed by atoms with E-state index in [1.54, 1.807) is 0 Å². The lowest BCUT2D eigenvalue weighted by atomic mass is 9.87. The molecule has 0 saturated heterocycles. The van der Waals surface area contributed by atoms with Gasteiger partial charge in [-0.1, -0.05) is 45.0 Å². The van der Waals surface area contributed by atoms with Gasteiger partial charge >= 0.3 is 12.4 Å². The molecule has 0 amide bonds. The van der Waals surface area contributed by atoms with E-state index in [9.17, 15) is 31.4 Å². The van der Waals surface area contributed by atoms with Crippen LogP contribution < -0.4 is 0 Å². The van der Waals surface area contributed by atoms with Crippen LogP contribution in [-0.2, 0) is 5.60 Å². The predicted octanol–water partition coefficient (Wildman–Crippen LogP) is 5.15. The molecule has 1 aromatic rings. The van der Waals surface area contributed by atoms with Crippen LogP contribution in [0.2, 0.25) is 0 Å². The van der Waals surface area contributed by atoms with Crippen LogP contribution in [0, 0.1) is 5.92 Å². The first kappa shape index (κ1) is 18.8. The first-order valence-corrected chi connectivity index (χ1v) is 6.77. The summed E-state index contributed by atoms with van der Waals surface area (Å²) in [5, 5.41) is 9.28. The summed E-state index contributed by atoms with van der Waals surface area (Å²) >= 11 is 0. The van der Waals surface area contributed by atoms with Crippen molar-refractivity contribution >= 4 is 0 Å². The Hall–Kier alpha value is -1.24. The molecule has 1 N–H and O–H groups in total. The van der Waals surface area contributed by atoms with Crippen molar-refractivity contribution in [3.8, 4) is 0 Å². The number of benzene rings is 1. The monoisotopic (exact) mass is 328 g/mol. The number of aliphatic hydroxyl groups is 1. The first-order valence-electron chi connectivity index (χ1n) is 6.77. The molecule has 126 valence electrons. The highest BCUT2D eigenvalue weighted by molar-refractivity contribution is 5.31. The van der Waals surface area contributed by atoms with Crippen LogP contribution in [0.5, 0.6) is 0 Å². The van der Waals surface area contributed by atoms with Gasteiger partial charge in [0, 0.05) is 5.56 Å². The van der Waals surface area contributed by atoms with E-state index in [1.807, 2.05) is 20.8 Å². The van der Waals surface area contributed by atoms with Gasteiger partial charge in [0.1, 0.15) is 0 Å². The van der Waals surface area contributed by atoms with E-state index >= 15 is 0 Å². The number of alkyl halides is 6. The average molecular weight is 328 g/mol. The fourth-order valence-corrected chi connectivity index (χ4v) is 2.38. The number of halogens is 6. The molecular formula is C15H18F6O. The third-order valence-corrected chi connectivity index (χ3v) is 3.54. The van der Waals surface area contributed by atoms with Crippen LogP contribution in [-0.4, -0.2) is 17.5 Å². The van der Waals surface area contributed by atoms with Crippen molar-refractivity contribution in [3.63, 3.8) is 0 Å². The van der Waals surface area contributed by atoms with E-state index in [1.165, 1.54) is 12.1 Å². The van der Waals surface area contributed by atoms with Crippen molar-refractivity contribution in [3.05, 3.63) is 35.4 Å². The Morgan fingerprint density at radius 2 is 1.27 bits per heavy atom. The van der Waals surface area contributed by atoms with Gasteiger partial charge in [0.15, 0.2) is 0 Å². The number of hydrogen-bond acceptors (Lipinski definition) is 1. The third-order valence-electron chi connectivity index (χ3n) is 3.54. The van der Waals surface area contributed by atoms with E-state index < -0.39 is 23.5 Å². The lowest BCUT2D eigenvalue weighted by Gasteiger charge is -2.32. The first-order chi connectivity index (χ1) is 9.80. The largest absolute Gasteiger partial charge is 0.430 e. The summed E-state index contributed by atoms with van der Waals surface area (Å²) in [6.07, 6.45) is -10.9. The minimum atomic E-state index is -5.85. The summed E-state index contributed by atoms with van der Waals surface area (Å²) < 4.78 is 76.5. The quantitative estimate of drug-likeness (QED) is 0.758. The van der Waals surface area contributed by atoms with Gasteiger partial charge in [-0.2, -0.15) is 26.3 Å². The topological polar surface area (TPSA) is 20.2 Å². The smallest absolute Gasteiger partial charge is 0.369 e. The molecule has 1 unspecified atom stereocenters. The SMILES string of the molecule is CC(C)CC(C)c1ccc(C(O)(C(F)(F)F)C(F)(F)F)cc1. The molecule has 0 aromatic heterocycles. The number of rotatable bonds is 4. The van der Waals surface area contributed by atoms with Crippen molar-refractivity contribution in [2.45, 2.75) is 51.1 Å². The molecule has 0 saturated carbocycles. The van der Waals surface area contributed by atoms with Crippen molar-refractivity contribution in [2.24, 2.45) is 5.92 Å². The molecule has 0 aliphatic heterocycles. The summed E-state index contributed by atoms with van der Waals surface area (Å²) in [5.41, 5.74) is -5.46. The van der Waals surface area contributed by atoms with Crippen LogP contribution >= 0.6 is 0 Å². The van der Waals surface area contributed by atoms with Gasteiger partial charge in [0.25, 0.3) is 5.60 Å². The molecule has 0 fully saturated rings. The lowest BCUT2D eigenvalue weighted by molar-refractivity contribution is -0.376. The zero-order chi connectivity index (χ0) is 17.3. The second kappa shape index (κ2) is 6.10. The molecule has 0 heterocycles. The highest BCUT2D eigenvalue weighted by Gasteiger charge is 2.71. The molecular weight excluding hydrogens is 310 g/mol. The Morgan fingerprint density at radius 3 is 1.59 bits per heavy atom. The molecule has 0 aliphatic rings. The fourth-order valence-electron chi connectivity index (χ4n) is 2.38. The maximum Gasteiger partial charge on any atom is 0.430 e. The zero-order valence-corrected chi connectivity index (χ0v) is 12.4. The average Bonchev–Trinajstić information content (AvgIpc) is 2.34. The Morgan fingerprint density at radius 1 is 0.864 bits per heavy atom. The highest BCUT2D eigenvalue weighted by atomic mass is 19.4. The van der Waals surface area contributed by atoms with E-state index in [-0.39, 0.29) is 5.92 Å². The Kier molecular flexibility index (Phi) is 5.22. The lowest BCUT2D eigenvalue weighted by Crippen LogP contribution is -2.53. The summed E-state index contributed by atoms with van der Waals surface area (Å²) in [4.78, 5) is 0. The van der Waals surface area contributed by atoms with Crippen LogP contribution in [0.4, 0.5) is 26.3 Å². The summed E-state index contributed by atoms with van der Waals surface area (Å²) in [6.45, 7) is 5.78. The summed E-state index contributed by atoms with van der Waals surface area (Å²) in [5.74, 6) is 0.343. The van der Waals surface area contributed by atoms with Crippen molar-refractivity contribution in [2.75, 3.05) is 0 Å². The van der Waals surface area contributed by atoms with Gasteiger partial charge in [-0.15, -0.1) is 0 Å². The van der Waals surface area contributed by atoms with Crippen molar-refractivity contribution in [1.82, 2.24) is 0 Å². The zero-order valence-electron chi connectivity index (χ0n) is 12.4. The summed E-state index contributed by atoms with van der Waals surface area (Å²) in [7, 11) is 0. The molecule has 1 rings (SSSR count). The second-order valence-corrected chi connectivity index (χ2v) is 5.86. The maximum absolute atomic E-state index is 12.7. The Labute approximate surface area is 125 Å². The van der Waals surface area contributed by atoms with Gasteiger partial charge in [0.2, 0.25) is 0 Å². The normalized spacial score (nSPS) is 15.2. The molecule has 0 aliphatic carbocycles.